The van der Waals surface area contributed by atoms with E-state index in [2.05, 4.69) is 21.9 Å². The Labute approximate surface area is 200 Å². The average Bonchev–Trinajstić information content (AvgIpc) is 3.33. The molecule has 1 spiro atoms. The van der Waals surface area contributed by atoms with Crippen molar-refractivity contribution in [2.75, 3.05) is 13.1 Å². The maximum atomic E-state index is 13.4. The lowest BCUT2D eigenvalue weighted by Crippen LogP contribution is -2.62. The fraction of sp³-hybridized carbons (Fsp3) is 0.731. The fourth-order valence-corrected chi connectivity index (χ4v) is 6.91. The van der Waals surface area contributed by atoms with E-state index < -0.39 is 5.60 Å². The quantitative estimate of drug-likeness (QED) is 0.724. The highest BCUT2D eigenvalue weighted by Gasteiger charge is 2.55. The molecule has 2 saturated carbocycles. The van der Waals surface area contributed by atoms with Gasteiger partial charge in [-0.25, -0.2) is 15.0 Å². The number of fused-ring (bicyclic) bond motifs is 1. The Hall–Kier alpha value is -2.35. The summed E-state index contributed by atoms with van der Waals surface area (Å²) in [5.41, 5.74) is -1.19. The van der Waals surface area contributed by atoms with E-state index in [9.17, 15) is 14.7 Å². The first-order valence-corrected chi connectivity index (χ1v) is 13.1. The van der Waals surface area contributed by atoms with E-state index in [1.54, 1.807) is 0 Å². The smallest absolute Gasteiger partial charge is 0.281 e. The number of hydrogen-bond acceptors (Lipinski definition) is 6. The molecule has 1 amide bonds. The highest BCUT2D eigenvalue weighted by Crippen LogP contribution is 2.51. The van der Waals surface area contributed by atoms with E-state index in [0.717, 1.165) is 32.1 Å². The van der Waals surface area contributed by atoms with Crippen LogP contribution in [0.4, 0.5) is 0 Å². The van der Waals surface area contributed by atoms with Gasteiger partial charge >= 0.3 is 0 Å². The fourth-order valence-electron chi connectivity index (χ4n) is 6.91. The third-order valence-electron chi connectivity index (χ3n) is 8.88. The summed E-state index contributed by atoms with van der Waals surface area (Å²) in [6.07, 6.45) is 16.2. The Morgan fingerprint density at radius 3 is 2.59 bits per heavy atom. The Balaban J connectivity index is 1.34. The minimum atomic E-state index is -1.06. The summed E-state index contributed by atoms with van der Waals surface area (Å²) in [4.78, 5) is 41.1. The average molecular weight is 468 g/mol. The third-order valence-corrected chi connectivity index (χ3v) is 8.88. The molecule has 3 heterocycles. The molecule has 5 rings (SSSR count). The lowest BCUT2D eigenvalue weighted by molar-refractivity contribution is -0.163. The first-order chi connectivity index (χ1) is 16.4. The number of aromatic nitrogens is 4. The van der Waals surface area contributed by atoms with Crippen molar-refractivity contribution in [2.45, 2.75) is 89.7 Å². The SMILES string of the molecule is C[C@H](CC1CCCCC1)C(=O)N1CCC(O)(Cn2cnc3nccnc3c2=O)C2(CCCC2)C1. The third kappa shape index (κ3) is 4.25. The van der Waals surface area contributed by atoms with Crippen molar-refractivity contribution in [1.29, 1.82) is 0 Å². The molecule has 2 aromatic rings. The van der Waals surface area contributed by atoms with Gasteiger partial charge in [-0.05, 0) is 31.6 Å². The maximum absolute atomic E-state index is 13.4. The molecule has 34 heavy (non-hydrogen) atoms. The Morgan fingerprint density at radius 2 is 1.82 bits per heavy atom. The summed E-state index contributed by atoms with van der Waals surface area (Å²) in [7, 11) is 0. The molecule has 0 bridgehead atoms. The molecule has 1 N–H and O–H groups in total. The highest BCUT2D eigenvalue weighted by molar-refractivity contribution is 5.78. The Kier molecular flexibility index (Phi) is 6.44. The minimum absolute atomic E-state index is 0.0265. The van der Waals surface area contributed by atoms with Gasteiger partial charge in [0.1, 0.15) is 6.33 Å². The molecule has 1 unspecified atom stereocenters. The van der Waals surface area contributed by atoms with Crippen LogP contribution in [0, 0.1) is 17.3 Å². The maximum Gasteiger partial charge on any atom is 0.281 e. The van der Waals surface area contributed by atoms with E-state index in [1.165, 1.54) is 55.4 Å². The van der Waals surface area contributed by atoms with E-state index in [4.69, 9.17) is 0 Å². The van der Waals surface area contributed by atoms with Crippen LogP contribution < -0.4 is 5.56 Å². The molecule has 1 saturated heterocycles. The predicted molar refractivity (Wildman–Crippen MR) is 129 cm³/mol. The van der Waals surface area contributed by atoms with Crippen molar-refractivity contribution in [3.63, 3.8) is 0 Å². The van der Waals surface area contributed by atoms with Crippen molar-refractivity contribution in [3.05, 3.63) is 29.1 Å². The van der Waals surface area contributed by atoms with Gasteiger partial charge in [0.05, 0.1) is 12.1 Å². The van der Waals surface area contributed by atoms with Crippen molar-refractivity contribution >= 4 is 17.1 Å². The number of amides is 1. The summed E-state index contributed by atoms with van der Waals surface area (Å²) in [5, 5.41) is 12.0. The van der Waals surface area contributed by atoms with Gasteiger partial charge in [0.15, 0.2) is 11.2 Å². The van der Waals surface area contributed by atoms with Crippen LogP contribution in [-0.4, -0.2) is 54.1 Å². The van der Waals surface area contributed by atoms with Crippen LogP contribution in [0.25, 0.3) is 11.2 Å². The topological polar surface area (TPSA) is 101 Å². The van der Waals surface area contributed by atoms with E-state index in [1.807, 2.05) is 4.90 Å². The second-order valence-electron chi connectivity index (χ2n) is 11.1. The number of rotatable bonds is 5. The number of likely N-dealkylation sites (tertiary alicyclic amines) is 1. The number of carbonyl (C=O) groups excluding carboxylic acids is 1. The predicted octanol–water partition coefficient (Wildman–Crippen LogP) is 3.32. The molecule has 1 aliphatic heterocycles. The van der Waals surface area contributed by atoms with Gasteiger partial charge in [-0.15, -0.1) is 0 Å². The first kappa shape index (κ1) is 23.4. The van der Waals surface area contributed by atoms with Gasteiger partial charge in [0.25, 0.3) is 5.56 Å². The molecule has 8 nitrogen and oxygen atoms in total. The molecule has 0 aromatic carbocycles. The Morgan fingerprint density at radius 1 is 1.09 bits per heavy atom. The van der Waals surface area contributed by atoms with Gasteiger partial charge in [0.2, 0.25) is 5.91 Å². The summed E-state index contributed by atoms with van der Waals surface area (Å²) < 4.78 is 1.49. The monoisotopic (exact) mass is 467 g/mol. The normalized spacial score (nSPS) is 26.2. The van der Waals surface area contributed by atoms with Crippen LogP contribution in [-0.2, 0) is 11.3 Å². The second-order valence-corrected chi connectivity index (χ2v) is 11.1. The molecule has 3 aliphatic rings. The molecule has 0 radical (unpaired) electrons. The first-order valence-electron chi connectivity index (χ1n) is 13.1. The van der Waals surface area contributed by atoms with Crippen LogP contribution in [0.5, 0.6) is 0 Å². The van der Waals surface area contributed by atoms with Crippen LogP contribution in [0.15, 0.2) is 23.5 Å². The number of carbonyl (C=O) groups is 1. The van der Waals surface area contributed by atoms with Crippen LogP contribution >= 0.6 is 0 Å². The lowest BCUT2D eigenvalue weighted by atomic mass is 9.65. The minimum Gasteiger partial charge on any atom is -0.387 e. The number of piperidine rings is 1. The zero-order valence-corrected chi connectivity index (χ0v) is 20.3. The van der Waals surface area contributed by atoms with Gasteiger partial charge in [-0.1, -0.05) is 51.9 Å². The number of nitrogens with zero attached hydrogens (tertiary/aromatic N) is 5. The van der Waals surface area contributed by atoms with Crippen molar-refractivity contribution in [1.82, 2.24) is 24.4 Å². The standard InChI is InChI=1S/C26H37N5O3/c1-19(15-20-7-3-2-4-8-20)23(32)30-14-11-26(34,25(16-30)9-5-6-10-25)17-31-18-29-22-21(24(31)33)27-12-13-28-22/h12-13,18-20,34H,2-11,14-17H2,1H3/t19-,26?/m1/s1. The molecule has 8 heteroatoms. The highest BCUT2D eigenvalue weighted by atomic mass is 16.3. The van der Waals surface area contributed by atoms with E-state index in [-0.39, 0.29) is 34.9 Å². The van der Waals surface area contributed by atoms with Crippen molar-refractivity contribution in [3.8, 4) is 0 Å². The zero-order valence-electron chi connectivity index (χ0n) is 20.3. The summed E-state index contributed by atoms with van der Waals surface area (Å²) >= 11 is 0. The number of hydrogen-bond donors (Lipinski definition) is 1. The molecule has 2 aliphatic carbocycles. The number of aliphatic hydroxyl groups is 1. The lowest BCUT2D eigenvalue weighted by Gasteiger charge is -2.52. The van der Waals surface area contributed by atoms with Gasteiger partial charge < -0.3 is 10.0 Å². The van der Waals surface area contributed by atoms with Gasteiger partial charge in [-0.2, -0.15) is 0 Å². The summed E-state index contributed by atoms with van der Waals surface area (Å²) in [6.45, 7) is 3.36. The molecule has 2 atom stereocenters. The second kappa shape index (κ2) is 9.36. The molecule has 184 valence electrons. The van der Waals surface area contributed by atoms with Crippen molar-refractivity contribution < 1.29 is 9.90 Å². The zero-order chi connectivity index (χ0) is 23.8. The van der Waals surface area contributed by atoms with Gasteiger partial charge in [-0.3, -0.25) is 14.2 Å². The largest absolute Gasteiger partial charge is 0.387 e. The van der Waals surface area contributed by atoms with E-state index in [0.29, 0.717) is 31.1 Å². The van der Waals surface area contributed by atoms with E-state index >= 15 is 0 Å². The van der Waals surface area contributed by atoms with Crippen LogP contribution in [0.1, 0.15) is 77.6 Å². The Bertz CT molecular complexity index is 1090. The molecular formula is C26H37N5O3. The van der Waals surface area contributed by atoms with Crippen LogP contribution in [0.2, 0.25) is 0 Å². The van der Waals surface area contributed by atoms with Gasteiger partial charge in [0, 0.05) is 36.8 Å². The summed E-state index contributed by atoms with van der Waals surface area (Å²) in [5.74, 6) is 0.933. The van der Waals surface area contributed by atoms with Crippen molar-refractivity contribution in [2.24, 2.45) is 17.3 Å². The molecule has 2 aromatic heterocycles. The van der Waals surface area contributed by atoms with Crippen LogP contribution in [0.3, 0.4) is 0 Å². The summed E-state index contributed by atoms with van der Waals surface area (Å²) in [6, 6.07) is 0. The molecular weight excluding hydrogens is 430 g/mol. The molecule has 3 fully saturated rings.